The highest BCUT2D eigenvalue weighted by Gasteiger charge is 2.34. The van der Waals surface area contributed by atoms with Gasteiger partial charge < -0.3 is 4.90 Å². The first-order valence-electron chi connectivity index (χ1n) is 10.7. The average molecular weight is 499 g/mol. The molecule has 0 fully saturated rings. The second kappa shape index (κ2) is 8.26. The number of para-hydroxylation sites is 1. The van der Waals surface area contributed by atoms with Gasteiger partial charge in [0.05, 0.1) is 17.8 Å². The molecule has 1 amide bonds. The van der Waals surface area contributed by atoms with Crippen molar-refractivity contribution in [1.29, 1.82) is 0 Å². The summed E-state index contributed by atoms with van der Waals surface area (Å²) in [6.45, 7) is 0.255. The molecule has 0 bridgehead atoms. The molecule has 35 heavy (non-hydrogen) atoms. The number of fused-ring (bicyclic) bond motifs is 2. The van der Waals surface area contributed by atoms with Gasteiger partial charge in [-0.25, -0.2) is 0 Å². The number of rotatable bonds is 3. The Hall–Kier alpha value is -4.14. The Balaban J connectivity index is 1.57. The number of carbonyl (C=O) groups is 1. The van der Waals surface area contributed by atoms with Gasteiger partial charge in [-0.2, -0.15) is 14.6 Å². The number of aromatic nitrogens is 3. The van der Waals surface area contributed by atoms with E-state index in [4.69, 9.17) is 11.6 Å². The van der Waals surface area contributed by atoms with E-state index in [1.807, 2.05) is 42.5 Å². The topological polar surface area (TPSA) is 84.6 Å². The van der Waals surface area contributed by atoms with E-state index in [-0.39, 0.29) is 33.2 Å². The maximum Gasteiger partial charge on any atom is 0.300 e. The van der Waals surface area contributed by atoms with Crippen LogP contribution in [0, 0.1) is 0 Å². The van der Waals surface area contributed by atoms with Crippen LogP contribution in [0.1, 0.15) is 11.1 Å². The first-order chi connectivity index (χ1) is 17.0. The van der Waals surface area contributed by atoms with Gasteiger partial charge in [0.1, 0.15) is 4.53 Å². The Bertz CT molecular complexity index is 1810. The predicted octanol–water partition coefficient (Wildman–Crippen LogP) is 3.30. The van der Waals surface area contributed by atoms with Gasteiger partial charge >= 0.3 is 5.56 Å². The minimum absolute atomic E-state index is 0.0769. The van der Waals surface area contributed by atoms with E-state index in [1.165, 1.54) is 0 Å². The monoisotopic (exact) mass is 498 g/mol. The smallest absolute Gasteiger partial charge is 0.300 e. The molecule has 0 saturated carbocycles. The van der Waals surface area contributed by atoms with E-state index in [0.29, 0.717) is 21.8 Å². The van der Waals surface area contributed by atoms with Gasteiger partial charge in [0, 0.05) is 16.1 Å². The predicted molar refractivity (Wildman–Crippen MR) is 136 cm³/mol. The second-order valence-corrected chi connectivity index (χ2v) is 9.32. The highest BCUT2D eigenvalue weighted by molar-refractivity contribution is 7.15. The molecule has 0 spiro atoms. The van der Waals surface area contributed by atoms with Crippen LogP contribution in [0.5, 0.6) is 0 Å². The maximum absolute atomic E-state index is 13.7. The van der Waals surface area contributed by atoms with E-state index in [2.05, 4.69) is 10.1 Å². The molecule has 0 saturated heterocycles. The molecule has 0 N–H and O–H groups in total. The van der Waals surface area contributed by atoms with Crippen molar-refractivity contribution in [3.8, 4) is 11.3 Å². The molecule has 7 nitrogen and oxygen atoms in total. The number of carbonyl (C=O) groups excluding carboxylic acids is 1. The number of nitrogens with zero attached hydrogens (tertiary/aromatic N) is 4. The van der Waals surface area contributed by atoms with E-state index in [1.54, 1.807) is 41.3 Å². The third kappa shape index (κ3) is 3.46. The standard InChI is InChI=1S/C26H15ClN4O3S/c27-18-12-6-4-10-16(18)14-30-19-13-7-5-11-17(19)20(24(30)33)22-25(34)31-26(35-22)28-23(32)21(29-31)15-8-2-1-3-9-15/h1-13H,14H2/b22-20-. The Labute approximate surface area is 207 Å². The fourth-order valence-corrected chi connectivity index (χ4v) is 5.38. The van der Waals surface area contributed by atoms with Crippen molar-refractivity contribution in [2.75, 3.05) is 4.90 Å². The number of amides is 1. The zero-order valence-corrected chi connectivity index (χ0v) is 19.6. The van der Waals surface area contributed by atoms with E-state index in [0.717, 1.165) is 21.4 Å². The lowest BCUT2D eigenvalue weighted by Crippen LogP contribution is -2.33. The van der Waals surface area contributed by atoms with Crippen molar-refractivity contribution < 1.29 is 4.79 Å². The van der Waals surface area contributed by atoms with Gasteiger partial charge in [-0.3, -0.25) is 14.4 Å². The molecule has 5 aromatic rings. The Morgan fingerprint density at radius 1 is 0.857 bits per heavy atom. The Kier molecular flexibility index (Phi) is 5.05. The van der Waals surface area contributed by atoms with Gasteiger partial charge in [0.25, 0.3) is 11.5 Å². The van der Waals surface area contributed by atoms with Crippen LogP contribution >= 0.6 is 22.9 Å². The largest absolute Gasteiger partial charge is 0.303 e. The summed E-state index contributed by atoms with van der Waals surface area (Å²) in [7, 11) is 0. The molecular formula is C26H15ClN4O3S. The molecule has 2 aromatic heterocycles. The van der Waals surface area contributed by atoms with Crippen LogP contribution in [0.25, 0.3) is 21.8 Å². The molecule has 3 aromatic carbocycles. The number of benzene rings is 3. The summed E-state index contributed by atoms with van der Waals surface area (Å²) >= 11 is 7.33. The minimum atomic E-state index is -0.535. The van der Waals surface area contributed by atoms with E-state index < -0.39 is 11.1 Å². The highest BCUT2D eigenvalue weighted by atomic mass is 35.5. The lowest BCUT2D eigenvalue weighted by Gasteiger charge is -2.17. The third-order valence-electron chi connectivity index (χ3n) is 5.84. The first kappa shape index (κ1) is 21.4. The van der Waals surface area contributed by atoms with Gasteiger partial charge in [-0.15, -0.1) is 0 Å². The normalized spacial score (nSPS) is 14.5. The summed E-state index contributed by atoms with van der Waals surface area (Å²) < 4.78 is 1.29. The van der Waals surface area contributed by atoms with Crippen LogP contribution in [-0.4, -0.2) is 20.5 Å². The zero-order valence-electron chi connectivity index (χ0n) is 18.0. The van der Waals surface area contributed by atoms with Crippen LogP contribution in [0.3, 0.4) is 0 Å². The van der Waals surface area contributed by atoms with Crippen molar-refractivity contribution in [3.63, 3.8) is 0 Å². The van der Waals surface area contributed by atoms with Crippen LogP contribution < -0.4 is 20.6 Å². The summed E-state index contributed by atoms with van der Waals surface area (Å²) in [5, 5.41) is 4.85. The van der Waals surface area contributed by atoms with Gasteiger partial charge in [-0.1, -0.05) is 89.7 Å². The quantitative estimate of drug-likeness (QED) is 0.381. The summed E-state index contributed by atoms with van der Waals surface area (Å²) in [4.78, 5) is 45.6. The van der Waals surface area contributed by atoms with Gasteiger partial charge in [-0.05, 0) is 17.7 Å². The molecule has 9 heteroatoms. The van der Waals surface area contributed by atoms with Gasteiger partial charge in [0.2, 0.25) is 4.96 Å². The number of thiazole rings is 1. The summed E-state index contributed by atoms with van der Waals surface area (Å²) in [6.07, 6.45) is 0. The molecule has 0 radical (unpaired) electrons. The maximum atomic E-state index is 13.7. The Morgan fingerprint density at radius 2 is 1.57 bits per heavy atom. The molecule has 0 atom stereocenters. The van der Waals surface area contributed by atoms with Crippen LogP contribution in [0.4, 0.5) is 5.69 Å². The van der Waals surface area contributed by atoms with Crippen molar-refractivity contribution in [2.45, 2.75) is 6.54 Å². The highest BCUT2D eigenvalue weighted by Crippen LogP contribution is 2.36. The third-order valence-corrected chi connectivity index (χ3v) is 7.24. The minimum Gasteiger partial charge on any atom is -0.303 e. The number of halogens is 1. The molecule has 170 valence electrons. The lowest BCUT2D eigenvalue weighted by atomic mass is 10.1. The SMILES string of the molecule is O=C1/C(=c2\sc3nc(=O)c(-c4ccccc4)nn3c2=O)c2ccccc2N1Cc1ccccc1Cl. The van der Waals surface area contributed by atoms with Crippen molar-refractivity contribution >= 4 is 45.1 Å². The van der Waals surface area contributed by atoms with Gasteiger partial charge in [0.15, 0.2) is 5.69 Å². The van der Waals surface area contributed by atoms with Crippen molar-refractivity contribution in [3.05, 3.63) is 120 Å². The van der Waals surface area contributed by atoms with Crippen LogP contribution in [-0.2, 0) is 11.3 Å². The first-order valence-corrected chi connectivity index (χ1v) is 11.9. The second-order valence-electron chi connectivity index (χ2n) is 7.94. The molecule has 1 aliphatic heterocycles. The molecule has 1 aliphatic rings. The number of hydrogen-bond acceptors (Lipinski definition) is 6. The van der Waals surface area contributed by atoms with Crippen molar-refractivity contribution in [1.82, 2.24) is 14.6 Å². The van der Waals surface area contributed by atoms with Crippen LogP contribution in [0.2, 0.25) is 5.02 Å². The number of anilines is 1. The fourth-order valence-electron chi connectivity index (χ4n) is 4.19. The lowest BCUT2D eigenvalue weighted by molar-refractivity contribution is -0.113. The summed E-state index contributed by atoms with van der Waals surface area (Å²) in [5.41, 5.74) is 1.99. The number of hydrogen-bond donors (Lipinski definition) is 0. The van der Waals surface area contributed by atoms with E-state index >= 15 is 0 Å². The van der Waals surface area contributed by atoms with Crippen molar-refractivity contribution in [2.24, 2.45) is 0 Å². The molecular weight excluding hydrogens is 484 g/mol. The van der Waals surface area contributed by atoms with E-state index in [9.17, 15) is 14.4 Å². The summed E-state index contributed by atoms with van der Waals surface area (Å²) in [6, 6.07) is 23.5. The Morgan fingerprint density at radius 3 is 2.37 bits per heavy atom. The molecule has 0 unspecified atom stereocenters. The molecule has 3 heterocycles. The zero-order chi connectivity index (χ0) is 24.1. The molecule has 0 aliphatic carbocycles. The van der Waals surface area contributed by atoms with Crippen LogP contribution in [0.15, 0.2) is 88.5 Å². The average Bonchev–Trinajstić information content (AvgIpc) is 3.33. The summed E-state index contributed by atoms with van der Waals surface area (Å²) in [5.74, 6) is -0.319. The fraction of sp³-hybridized carbons (Fsp3) is 0.0385. The molecule has 6 rings (SSSR count).